The van der Waals surface area contributed by atoms with E-state index in [-0.39, 0.29) is 17.7 Å². The second kappa shape index (κ2) is 10.9. The van der Waals surface area contributed by atoms with Gasteiger partial charge >= 0.3 is 0 Å². The van der Waals surface area contributed by atoms with Gasteiger partial charge in [0.15, 0.2) is 0 Å². The second-order valence-corrected chi connectivity index (χ2v) is 10.5. The molecule has 1 atom stereocenters. The summed E-state index contributed by atoms with van der Waals surface area (Å²) in [6.45, 7) is 6.86. The maximum absolute atomic E-state index is 13.6. The molecule has 6 heteroatoms. The Balaban J connectivity index is 1.22. The summed E-state index contributed by atoms with van der Waals surface area (Å²) in [5.41, 5.74) is 3.45. The van der Waals surface area contributed by atoms with Gasteiger partial charge in [-0.1, -0.05) is 49.1 Å². The average Bonchev–Trinajstić information content (AvgIpc) is 2.93. The van der Waals surface area contributed by atoms with Crippen LogP contribution in [-0.4, -0.2) is 76.8 Å². The Kier molecular flexibility index (Phi) is 7.47. The summed E-state index contributed by atoms with van der Waals surface area (Å²) >= 11 is 0. The first-order valence-electron chi connectivity index (χ1n) is 13.4. The van der Waals surface area contributed by atoms with E-state index in [0.717, 1.165) is 44.6 Å². The van der Waals surface area contributed by atoms with Gasteiger partial charge in [-0.15, -0.1) is 0 Å². The van der Waals surface area contributed by atoms with Crippen LogP contribution >= 0.6 is 0 Å². The molecule has 3 aliphatic rings. The van der Waals surface area contributed by atoms with Crippen LogP contribution in [0.1, 0.15) is 60.9 Å². The fourth-order valence-electron chi connectivity index (χ4n) is 6.06. The zero-order valence-electron chi connectivity index (χ0n) is 21.0. The van der Waals surface area contributed by atoms with Crippen LogP contribution in [0.4, 0.5) is 0 Å². The number of piperazine rings is 1. The van der Waals surface area contributed by atoms with Gasteiger partial charge in [0.1, 0.15) is 0 Å². The van der Waals surface area contributed by atoms with Crippen molar-refractivity contribution in [3.05, 3.63) is 53.7 Å². The van der Waals surface area contributed by atoms with E-state index in [0.29, 0.717) is 30.4 Å². The minimum atomic E-state index is -0.103. The molecule has 2 aliphatic heterocycles. The van der Waals surface area contributed by atoms with Gasteiger partial charge in [-0.2, -0.15) is 0 Å². The number of pyridine rings is 1. The second-order valence-electron chi connectivity index (χ2n) is 10.5. The molecule has 6 nitrogen and oxygen atoms in total. The Bertz CT molecular complexity index is 1020. The normalized spacial score (nSPS) is 22.3. The highest BCUT2D eigenvalue weighted by Crippen LogP contribution is 2.27. The molecule has 5 rings (SSSR count). The summed E-state index contributed by atoms with van der Waals surface area (Å²) in [6.07, 6.45) is 10.2. The molecule has 1 unspecified atom stereocenters. The molecule has 2 saturated heterocycles. The van der Waals surface area contributed by atoms with Gasteiger partial charge in [0.2, 0.25) is 5.91 Å². The molecule has 3 fully saturated rings. The molecule has 35 heavy (non-hydrogen) atoms. The first kappa shape index (κ1) is 24.0. The molecule has 2 amide bonds. The molecule has 3 heterocycles. The zero-order valence-corrected chi connectivity index (χ0v) is 21.0. The summed E-state index contributed by atoms with van der Waals surface area (Å²) in [5, 5.41) is 0. The average molecular weight is 475 g/mol. The molecule has 0 N–H and O–H groups in total. The molecule has 0 spiro atoms. The third-order valence-corrected chi connectivity index (χ3v) is 8.14. The van der Waals surface area contributed by atoms with Gasteiger partial charge in [-0.25, -0.2) is 0 Å². The van der Waals surface area contributed by atoms with Crippen LogP contribution in [0.25, 0.3) is 11.3 Å². The Labute approximate surface area is 209 Å². The van der Waals surface area contributed by atoms with E-state index in [1.54, 1.807) is 6.20 Å². The number of piperidine rings is 1. The maximum atomic E-state index is 13.6. The lowest BCUT2D eigenvalue weighted by Crippen LogP contribution is -2.55. The van der Waals surface area contributed by atoms with Crippen LogP contribution in [0.15, 0.2) is 42.6 Å². The predicted molar refractivity (Wildman–Crippen MR) is 138 cm³/mol. The third kappa shape index (κ3) is 5.43. The number of carbonyl (C=O) groups is 2. The minimum absolute atomic E-state index is 0.0201. The van der Waals surface area contributed by atoms with Crippen molar-refractivity contribution in [3.63, 3.8) is 0 Å². The predicted octanol–water partition coefficient (Wildman–Crippen LogP) is 4.39. The smallest absolute Gasteiger partial charge is 0.256 e. The lowest BCUT2D eigenvalue weighted by atomic mass is 9.93. The van der Waals surface area contributed by atoms with E-state index in [1.807, 2.05) is 41.3 Å². The Morgan fingerprint density at radius 3 is 2.31 bits per heavy atom. The maximum Gasteiger partial charge on any atom is 0.256 e. The van der Waals surface area contributed by atoms with Gasteiger partial charge in [-0.3, -0.25) is 19.5 Å². The van der Waals surface area contributed by atoms with Crippen molar-refractivity contribution in [2.45, 2.75) is 57.9 Å². The fourth-order valence-corrected chi connectivity index (χ4v) is 6.06. The van der Waals surface area contributed by atoms with Gasteiger partial charge < -0.3 is 9.80 Å². The van der Waals surface area contributed by atoms with Crippen LogP contribution in [0, 0.1) is 12.8 Å². The number of nitrogens with zero attached hydrogens (tertiary/aromatic N) is 4. The molecule has 0 radical (unpaired) electrons. The van der Waals surface area contributed by atoms with Crippen molar-refractivity contribution in [2.75, 3.05) is 39.3 Å². The van der Waals surface area contributed by atoms with Crippen LogP contribution in [0.2, 0.25) is 0 Å². The highest BCUT2D eigenvalue weighted by Gasteiger charge is 2.34. The van der Waals surface area contributed by atoms with Gasteiger partial charge in [0.05, 0.1) is 17.2 Å². The molecule has 1 saturated carbocycles. The number of rotatable bonds is 4. The molecule has 1 aromatic carbocycles. The van der Waals surface area contributed by atoms with E-state index in [1.165, 1.54) is 37.7 Å². The standard InChI is InChI=1S/C29H38N4O2/c1-22-11-13-23(14-12-22)27-26(10-5-15-30-27)29(35)33-16-6-7-24(21-33)28(34)32-19-17-31(18-20-32)25-8-3-2-4-9-25/h5,10-15,24-25H,2-4,6-9,16-21H2,1H3. The van der Waals surface area contributed by atoms with E-state index in [4.69, 9.17) is 0 Å². The van der Waals surface area contributed by atoms with E-state index in [2.05, 4.69) is 21.7 Å². The lowest BCUT2D eigenvalue weighted by Gasteiger charge is -2.42. The van der Waals surface area contributed by atoms with Gasteiger partial charge in [0.25, 0.3) is 5.91 Å². The summed E-state index contributed by atoms with van der Waals surface area (Å²) in [6, 6.07) is 12.5. The van der Waals surface area contributed by atoms with Crippen LogP contribution in [0.5, 0.6) is 0 Å². The van der Waals surface area contributed by atoms with Crippen molar-refractivity contribution < 1.29 is 9.59 Å². The van der Waals surface area contributed by atoms with Crippen molar-refractivity contribution in [2.24, 2.45) is 5.92 Å². The topological polar surface area (TPSA) is 56.8 Å². The number of aromatic nitrogens is 1. The van der Waals surface area contributed by atoms with Gasteiger partial charge in [-0.05, 0) is 44.7 Å². The largest absolute Gasteiger partial charge is 0.340 e. The number of aryl methyl sites for hydroxylation is 1. The van der Waals surface area contributed by atoms with E-state index in [9.17, 15) is 9.59 Å². The first-order chi connectivity index (χ1) is 17.1. The molecule has 0 bridgehead atoms. The van der Waals surface area contributed by atoms with Gasteiger partial charge in [0, 0.05) is 57.1 Å². The van der Waals surface area contributed by atoms with Crippen LogP contribution in [-0.2, 0) is 4.79 Å². The number of likely N-dealkylation sites (tertiary alicyclic amines) is 1. The first-order valence-corrected chi connectivity index (χ1v) is 13.4. The number of amides is 2. The molecule has 1 aliphatic carbocycles. The molecule has 1 aromatic heterocycles. The fraction of sp³-hybridized carbons (Fsp3) is 0.552. The Morgan fingerprint density at radius 1 is 0.829 bits per heavy atom. The van der Waals surface area contributed by atoms with Crippen molar-refractivity contribution in [1.29, 1.82) is 0 Å². The number of hydrogen-bond acceptors (Lipinski definition) is 4. The van der Waals surface area contributed by atoms with E-state index >= 15 is 0 Å². The SMILES string of the molecule is Cc1ccc(-c2ncccc2C(=O)N2CCCC(C(=O)N3CCN(C4CCCCC4)CC3)C2)cc1. The Morgan fingerprint density at radius 2 is 1.57 bits per heavy atom. The highest BCUT2D eigenvalue weighted by atomic mass is 16.2. The third-order valence-electron chi connectivity index (χ3n) is 8.14. The zero-order chi connectivity index (χ0) is 24.2. The minimum Gasteiger partial charge on any atom is -0.340 e. The summed E-state index contributed by atoms with van der Waals surface area (Å²) in [5.74, 6) is 0.109. The van der Waals surface area contributed by atoms with Crippen LogP contribution < -0.4 is 0 Å². The van der Waals surface area contributed by atoms with E-state index < -0.39 is 0 Å². The summed E-state index contributed by atoms with van der Waals surface area (Å²) < 4.78 is 0. The molecular formula is C29H38N4O2. The highest BCUT2D eigenvalue weighted by molar-refractivity contribution is 6.00. The number of benzene rings is 1. The van der Waals surface area contributed by atoms with Crippen LogP contribution in [0.3, 0.4) is 0 Å². The summed E-state index contributed by atoms with van der Waals surface area (Å²) in [4.78, 5) is 38.1. The van der Waals surface area contributed by atoms with Crippen molar-refractivity contribution in [1.82, 2.24) is 19.7 Å². The molecule has 186 valence electrons. The summed E-state index contributed by atoms with van der Waals surface area (Å²) in [7, 11) is 0. The van der Waals surface area contributed by atoms with Crippen molar-refractivity contribution in [3.8, 4) is 11.3 Å². The molecular weight excluding hydrogens is 436 g/mol. The lowest BCUT2D eigenvalue weighted by molar-refractivity contribution is -0.139. The Hall–Kier alpha value is -2.73. The monoisotopic (exact) mass is 474 g/mol. The number of hydrogen-bond donors (Lipinski definition) is 0. The molecule has 2 aromatic rings. The number of carbonyl (C=O) groups excluding carboxylic acids is 2. The quantitative estimate of drug-likeness (QED) is 0.660. The van der Waals surface area contributed by atoms with Crippen molar-refractivity contribution >= 4 is 11.8 Å².